The molecule has 3 rings (SSSR count). The standard InChI is InChI=1S/C13H16N2O3/c1-15-5-4-10(7-15)14-13(16)9-2-3-11-12(6-9)18-8-17-11/h2-3,6,10H,4-5,7-8H2,1H3,(H,14,16). The normalized spacial score (nSPS) is 22.2. The Morgan fingerprint density at radius 3 is 3.00 bits per heavy atom. The molecule has 2 aliphatic heterocycles. The van der Waals surface area contributed by atoms with E-state index in [9.17, 15) is 4.79 Å². The van der Waals surface area contributed by atoms with E-state index in [1.54, 1.807) is 18.2 Å². The van der Waals surface area contributed by atoms with Crippen molar-refractivity contribution in [3.63, 3.8) is 0 Å². The number of nitrogens with one attached hydrogen (secondary N) is 1. The summed E-state index contributed by atoms with van der Waals surface area (Å²) < 4.78 is 10.5. The minimum atomic E-state index is -0.0476. The second-order valence-electron chi connectivity index (χ2n) is 4.79. The highest BCUT2D eigenvalue weighted by atomic mass is 16.7. The van der Waals surface area contributed by atoms with Crippen LogP contribution in [0.25, 0.3) is 0 Å². The van der Waals surface area contributed by atoms with Crippen LogP contribution in [0.5, 0.6) is 11.5 Å². The van der Waals surface area contributed by atoms with Crippen molar-refractivity contribution in [1.82, 2.24) is 10.2 Å². The lowest BCUT2D eigenvalue weighted by Gasteiger charge is -2.13. The van der Waals surface area contributed by atoms with Gasteiger partial charge in [0.25, 0.3) is 5.91 Å². The average Bonchev–Trinajstić information content (AvgIpc) is 2.96. The average molecular weight is 248 g/mol. The molecule has 0 bridgehead atoms. The predicted octanol–water partition coefficient (Wildman–Crippen LogP) is 0.849. The molecule has 1 aromatic carbocycles. The first-order valence-corrected chi connectivity index (χ1v) is 6.11. The van der Waals surface area contributed by atoms with E-state index in [4.69, 9.17) is 9.47 Å². The van der Waals surface area contributed by atoms with Gasteiger partial charge in [0.2, 0.25) is 6.79 Å². The largest absolute Gasteiger partial charge is 0.454 e. The summed E-state index contributed by atoms with van der Waals surface area (Å²) >= 11 is 0. The van der Waals surface area contributed by atoms with Crippen molar-refractivity contribution in [3.05, 3.63) is 23.8 Å². The van der Waals surface area contributed by atoms with Crippen LogP contribution in [0.1, 0.15) is 16.8 Å². The highest BCUT2D eigenvalue weighted by Crippen LogP contribution is 2.32. The summed E-state index contributed by atoms with van der Waals surface area (Å²) in [5.41, 5.74) is 0.619. The number of rotatable bonds is 2. The fourth-order valence-corrected chi connectivity index (χ4v) is 2.36. The quantitative estimate of drug-likeness (QED) is 0.843. The van der Waals surface area contributed by atoms with Crippen molar-refractivity contribution in [1.29, 1.82) is 0 Å². The molecule has 1 amide bonds. The third-order valence-electron chi connectivity index (χ3n) is 3.36. The lowest BCUT2D eigenvalue weighted by molar-refractivity contribution is 0.0938. The summed E-state index contributed by atoms with van der Waals surface area (Å²) in [6, 6.07) is 5.52. The fraction of sp³-hybridized carbons (Fsp3) is 0.462. The first-order valence-electron chi connectivity index (χ1n) is 6.11. The van der Waals surface area contributed by atoms with Gasteiger partial charge in [-0.3, -0.25) is 4.79 Å². The SMILES string of the molecule is CN1CCC(NC(=O)c2ccc3c(c2)OCO3)C1. The molecule has 0 radical (unpaired) electrons. The zero-order chi connectivity index (χ0) is 12.5. The van der Waals surface area contributed by atoms with E-state index < -0.39 is 0 Å². The van der Waals surface area contributed by atoms with Gasteiger partial charge in [-0.2, -0.15) is 0 Å². The number of likely N-dealkylation sites (N-methyl/N-ethyl adjacent to an activating group) is 1. The second kappa shape index (κ2) is 4.49. The molecule has 5 heteroatoms. The van der Waals surface area contributed by atoms with Gasteiger partial charge in [0.1, 0.15) is 0 Å². The van der Waals surface area contributed by atoms with Crippen LogP contribution in [-0.2, 0) is 0 Å². The van der Waals surface area contributed by atoms with Crippen LogP contribution in [0.15, 0.2) is 18.2 Å². The van der Waals surface area contributed by atoms with Crippen molar-refractivity contribution in [2.24, 2.45) is 0 Å². The van der Waals surface area contributed by atoms with Crippen LogP contribution in [0.4, 0.5) is 0 Å². The van der Waals surface area contributed by atoms with Gasteiger partial charge in [-0.15, -0.1) is 0 Å². The van der Waals surface area contributed by atoms with Crippen LogP contribution in [0.3, 0.4) is 0 Å². The van der Waals surface area contributed by atoms with Crippen molar-refractivity contribution in [3.8, 4) is 11.5 Å². The topological polar surface area (TPSA) is 50.8 Å². The Hall–Kier alpha value is -1.75. The molecular weight excluding hydrogens is 232 g/mol. The van der Waals surface area contributed by atoms with E-state index >= 15 is 0 Å². The number of fused-ring (bicyclic) bond motifs is 1. The first-order chi connectivity index (χ1) is 8.72. The van der Waals surface area contributed by atoms with Crippen LogP contribution in [-0.4, -0.2) is 43.8 Å². The van der Waals surface area contributed by atoms with Crippen molar-refractivity contribution in [2.45, 2.75) is 12.5 Å². The highest BCUT2D eigenvalue weighted by molar-refractivity contribution is 5.95. The maximum atomic E-state index is 12.1. The molecule has 5 nitrogen and oxygen atoms in total. The van der Waals surface area contributed by atoms with Gasteiger partial charge in [-0.25, -0.2) is 0 Å². The highest BCUT2D eigenvalue weighted by Gasteiger charge is 2.22. The van der Waals surface area contributed by atoms with Gasteiger partial charge in [0, 0.05) is 18.2 Å². The third-order valence-corrected chi connectivity index (χ3v) is 3.36. The molecule has 1 aromatic rings. The van der Waals surface area contributed by atoms with Crippen LogP contribution < -0.4 is 14.8 Å². The molecule has 0 aromatic heterocycles. The molecule has 0 saturated carbocycles. The van der Waals surface area contributed by atoms with Gasteiger partial charge >= 0.3 is 0 Å². The number of carbonyl (C=O) groups excluding carboxylic acids is 1. The van der Waals surface area contributed by atoms with Gasteiger partial charge in [0.15, 0.2) is 11.5 Å². The van der Waals surface area contributed by atoms with Crippen molar-refractivity contribution >= 4 is 5.91 Å². The minimum absolute atomic E-state index is 0.0476. The van der Waals surface area contributed by atoms with E-state index in [0.717, 1.165) is 19.5 Å². The summed E-state index contributed by atoms with van der Waals surface area (Å²) in [6.45, 7) is 2.18. The second-order valence-corrected chi connectivity index (χ2v) is 4.79. The third kappa shape index (κ3) is 2.13. The fourth-order valence-electron chi connectivity index (χ4n) is 2.36. The van der Waals surface area contributed by atoms with Crippen LogP contribution in [0.2, 0.25) is 0 Å². The molecule has 2 heterocycles. The molecule has 96 valence electrons. The number of hydrogen-bond acceptors (Lipinski definition) is 4. The Bertz CT molecular complexity index is 475. The number of amides is 1. The molecule has 18 heavy (non-hydrogen) atoms. The molecule has 1 N–H and O–H groups in total. The molecule has 0 spiro atoms. The number of benzene rings is 1. The summed E-state index contributed by atoms with van der Waals surface area (Å²) in [5.74, 6) is 1.30. The molecular formula is C13H16N2O3. The zero-order valence-corrected chi connectivity index (χ0v) is 10.3. The Morgan fingerprint density at radius 2 is 2.22 bits per heavy atom. The van der Waals surface area contributed by atoms with E-state index in [-0.39, 0.29) is 18.7 Å². The lowest BCUT2D eigenvalue weighted by atomic mass is 10.1. The van der Waals surface area contributed by atoms with Gasteiger partial charge < -0.3 is 19.7 Å². The number of likely N-dealkylation sites (tertiary alicyclic amines) is 1. The van der Waals surface area contributed by atoms with E-state index in [1.165, 1.54) is 0 Å². The molecule has 1 atom stereocenters. The van der Waals surface area contributed by atoms with Gasteiger partial charge in [-0.05, 0) is 38.2 Å². The van der Waals surface area contributed by atoms with E-state index in [0.29, 0.717) is 17.1 Å². The molecule has 0 aliphatic carbocycles. The molecule has 2 aliphatic rings. The molecule has 1 fully saturated rings. The molecule has 1 saturated heterocycles. The van der Waals surface area contributed by atoms with Gasteiger partial charge in [-0.1, -0.05) is 0 Å². The minimum Gasteiger partial charge on any atom is -0.454 e. The Labute approximate surface area is 106 Å². The van der Waals surface area contributed by atoms with Crippen molar-refractivity contribution < 1.29 is 14.3 Å². The number of ether oxygens (including phenoxy) is 2. The maximum absolute atomic E-state index is 12.1. The van der Waals surface area contributed by atoms with Crippen LogP contribution in [0, 0.1) is 0 Å². The van der Waals surface area contributed by atoms with E-state index in [1.807, 2.05) is 0 Å². The summed E-state index contributed by atoms with van der Waals surface area (Å²) in [4.78, 5) is 14.3. The smallest absolute Gasteiger partial charge is 0.251 e. The Morgan fingerprint density at radius 1 is 1.39 bits per heavy atom. The number of carbonyl (C=O) groups is 1. The van der Waals surface area contributed by atoms with E-state index in [2.05, 4.69) is 17.3 Å². The summed E-state index contributed by atoms with van der Waals surface area (Å²) in [5, 5.41) is 3.04. The summed E-state index contributed by atoms with van der Waals surface area (Å²) in [7, 11) is 2.06. The Kier molecular flexibility index (Phi) is 2.83. The van der Waals surface area contributed by atoms with Crippen molar-refractivity contribution in [2.75, 3.05) is 26.9 Å². The monoisotopic (exact) mass is 248 g/mol. The maximum Gasteiger partial charge on any atom is 0.251 e. The van der Waals surface area contributed by atoms with Crippen LogP contribution >= 0.6 is 0 Å². The zero-order valence-electron chi connectivity index (χ0n) is 10.3. The predicted molar refractivity (Wildman–Crippen MR) is 65.9 cm³/mol. The summed E-state index contributed by atoms with van der Waals surface area (Å²) in [6.07, 6.45) is 1.01. The van der Waals surface area contributed by atoms with Gasteiger partial charge in [0.05, 0.1) is 0 Å². The lowest BCUT2D eigenvalue weighted by Crippen LogP contribution is -2.36. The number of hydrogen-bond donors (Lipinski definition) is 1. The number of nitrogens with zero attached hydrogens (tertiary/aromatic N) is 1. The molecule has 1 unspecified atom stereocenters. The Balaban J connectivity index is 1.69. The first kappa shape index (κ1) is 11.3.